The Bertz CT molecular complexity index is 822. The van der Waals surface area contributed by atoms with E-state index in [-0.39, 0.29) is 5.92 Å². The molecule has 0 bridgehead atoms. The zero-order chi connectivity index (χ0) is 16.1. The fourth-order valence-corrected chi connectivity index (χ4v) is 2.50. The molecule has 3 aromatic rings. The molecule has 2 nitrogen and oxygen atoms in total. The molecule has 0 aliphatic carbocycles. The lowest BCUT2D eigenvalue weighted by Crippen LogP contribution is -1.98. The lowest BCUT2D eigenvalue weighted by molar-refractivity contribution is 0.482. The molecule has 23 heavy (non-hydrogen) atoms. The Balaban J connectivity index is 1.89. The van der Waals surface area contributed by atoms with Crippen molar-refractivity contribution in [3.05, 3.63) is 95.0 Å². The third-order valence-electron chi connectivity index (χ3n) is 3.50. The van der Waals surface area contributed by atoms with E-state index in [1.807, 2.05) is 66.7 Å². The Morgan fingerprint density at radius 1 is 0.783 bits per heavy atom. The van der Waals surface area contributed by atoms with Crippen LogP contribution in [-0.2, 0) is 0 Å². The summed E-state index contributed by atoms with van der Waals surface area (Å²) in [6.07, 6.45) is 0. The number of rotatable bonds is 4. The topological polar surface area (TPSA) is 33.0 Å². The number of benzene rings is 3. The fraction of sp³-hybridized carbons (Fsp3) is 0.0500. The first kappa shape index (κ1) is 15.1. The summed E-state index contributed by atoms with van der Waals surface area (Å²) < 4.78 is 5.84. The van der Waals surface area contributed by atoms with Gasteiger partial charge < -0.3 is 4.74 Å². The lowest BCUT2D eigenvalue weighted by Gasteiger charge is -2.12. The second-order valence-corrected chi connectivity index (χ2v) is 5.54. The average molecular weight is 320 g/mol. The third kappa shape index (κ3) is 3.71. The molecule has 0 unspecified atom stereocenters. The molecular formula is C20H14ClNO. The highest BCUT2D eigenvalue weighted by atomic mass is 35.5. The molecule has 1 atom stereocenters. The molecule has 3 aromatic carbocycles. The Morgan fingerprint density at radius 2 is 1.48 bits per heavy atom. The average Bonchev–Trinajstić information content (AvgIpc) is 2.59. The van der Waals surface area contributed by atoms with E-state index in [1.54, 1.807) is 12.1 Å². The smallest absolute Gasteiger partial charge is 0.127 e. The van der Waals surface area contributed by atoms with Crippen molar-refractivity contribution in [2.75, 3.05) is 0 Å². The van der Waals surface area contributed by atoms with Crippen LogP contribution in [0.4, 0.5) is 0 Å². The maximum atomic E-state index is 9.56. The van der Waals surface area contributed by atoms with E-state index in [0.717, 1.165) is 16.9 Å². The van der Waals surface area contributed by atoms with Crippen LogP contribution >= 0.6 is 11.6 Å². The molecule has 3 rings (SSSR count). The second-order valence-electron chi connectivity index (χ2n) is 5.10. The minimum absolute atomic E-state index is 0.355. The van der Waals surface area contributed by atoms with E-state index >= 15 is 0 Å². The molecule has 0 radical (unpaired) electrons. The molecule has 0 saturated heterocycles. The molecule has 0 heterocycles. The van der Waals surface area contributed by atoms with Crippen LogP contribution in [0.15, 0.2) is 78.9 Å². The largest absolute Gasteiger partial charge is 0.457 e. The first-order valence-electron chi connectivity index (χ1n) is 7.24. The van der Waals surface area contributed by atoms with E-state index in [2.05, 4.69) is 6.07 Å². The zero-order valence-electron chi connectivity index (χ0n) is 12.3. The van der Waals surface area contributed by atoms with Crippen LogP contribution in [0.25, 0.3) is 0 Å². The summed E-state index contributed by atoms with van der Waals surface area (Å²) in [5, 5.41) is 10.2. The molecule has 0 spiro atoms. The van der Waals surface area contributed by atoms with Gasteiger partial charge in [0.2, 0.25) is 0 Å². The van der Waals surface area contributed by atoms with Gasteiger partial charge in [0.1, 0.15) is 11.5 Å². The summed E-state index contributed by atoms with van der Waals surface area (Å²) in [5.41, 5.74) is 1.80. The van der Waals surface area contributed by atoms with Crippen LogP contribution in [0.1, 0.15) is 17.0 Å². The van der Waals surface area contributed by atoms with Crippen molar-refractivity contribution in [2.24, 2.45) is 0 Å². The quantitative estimate of drug-likeness (QED) is 0.610. The maximum Gasteiger partial charge on any atom is 0.127 e. The van der Waals surface area contributed by atoms with Gasteiger partial charge >= 0.3 is 0 Å². The monoisotopic (exact) mass is 319 g/mol. The minimum atomic E-state index is -0.355. The Labute approximate surface area is 140 Å². The fourth-order valence-electron chi connectivity index (χ4n) is 2.38. The van der Waals surface area contributed by atoms with Gasteiger partial charge in [0.15, 0.2) is 0 Å². The Kier molecular flexibility index (Phi) is 4.61. The SMILES string of the molecule is N#C[C@@H](c1ccc(Cl)cc1)c1cccc(Oc2ccccc2)c1. The van der Waals surface area contributed by atoms with Crippen molar-refractivity contribution < 1.29 is 4.74 Å². The summed E-state index contributed by atoms with van der Waals surface area (Å²) in [6.45, 7) is 0. The molecule has 0 amide bonds. The first-order chi connectivity index (χ1) is 11.3. The highest BCUT2D eigenvalue weighted by Crippen LogP contribution is 2.29. The number of halogens is 1. The van der Waals surface area contributed by atoms with Crippen LogP contribution in [0.5, 0.6) is 11.5 Å². The van der Waals surface area contributed by atoms with E-state index in [0.29, 0.717) is 10.8 Å². The van der Waals surface area contributed by atoms with E-state index in [1.165, 1.54) is 0 Å². The van der Waals surface area contributed by atoms with Crippen molar-refractivity contribution in [1.82, 2.24) is 0 Å². The second kappa shape index (κ2) is 7.00. The standard InChI is InChI=1S/C20H14ClNO/c21-17-11-9-15(10-12-17)20(14-22)16-5-4-8-19(13-16)23-18-6-2-1-3-7-18/h1-13,20H/t20-/m0/s1. The normalized spacial score (nSPS) is 11.5. The van der Waals surface area contributed by atoms with Gasteiger partial charge in [0, 0.05) is 5.02 Å². The molecule has 3 heteroatoms. The summed E-state index contributed by atoms with van der Waals surface area (Å²) >= 11 is 5.92. The number of hydrogen-bond donors (Lipinski definition) is 0. The van der Waals surface area contributed by atoms with Gasteiger partial charge in [-0.2, -0.15) is 5.26 Å². The third-order valence-corrected chi connectivity index (χ3v) is 3.75. The van der Waals surface area contributed by atoms with Crippen molar-refractivity contribution in [1.29, 1.82) is 5.26 Å². The van der Waals surface area contributed by atoms with Crippen LogP contribution in [0.2, 0.25) is 5.02 Å². The van der Waals surface area contributed by atoms with Crippen molar-refractivity contribution in [2.45, 2.75) is 5.92 Å². The number of nitriles is 1. The highest BCUT2D eigenvalue weighted by molar-refractivity contribution is 6.30. The van der Waals surface area contributed by atoms with E-state index < -0.39 is 0 Å². The molecule has 0 fully saturated rings. The molecule has 112 valence electrons. The molecular weight excluding hydrogens is 306 g/mol. The van der Waals surface area contributed by atoms with Crippen molar-refractivity contribution in [3.63, 3.8) is 0 Å². The predicted molar refractivity (Wildman–Crippen MR) is 91.9 cm³/mol. The van der Waals surface area contributed by atoms with Crippen LogP contribution in [-0.4, -0.2) is 0 Å². The number of hydrogen-bond acceptors (Lipinski definition) is 2. The first-order valence-corrected chi connectivity index (χ1v) is 7.62. The number of nitrogens with zero attached hydrogens (tertiary/aromatic N) is 1. The van der Waals surface area contributed by atoms with Gasteiger partial charge in [-0.3, -0.25) is 0 Å². The van der Waals surface area contributed by atoms with Gasteiger partial charge in [-0.1, -0.05) is 54.1 Å². The van der Waals surface area contributed by atoms with Gasteiger partial charge in [-0.05, 0) is 47.5 Å². The number of ether oxygens (including phenoxy) is 1. The van der Waals surface area contributed by atoms with E-state index in [9.17, 15) is 5.26 Å². The van der Waals surface area contributed by atoms with Crippen LogP contribution in [0.3, 0.4) is 0 Å². The highest BCUT2D eigenvalue weighted by Gasteiger charge is 2.14. The van der Waals surface area contributed by atoms with Gasteiger partial charge in [0.25, 0.3) is 0 Å². The van der Waals surface area contributed by atoms with Crippen LogP contribution in [0, 0.1) is 11.3 Å². The molecule has 0 saturated carbocycles. The van der Waals surface area contributed by atoms with E-state index in [4.69, 9.17) is 16.3 Å². The van der Waals surface area contributed by atoms with Gasteiger partial charge in [0.05, 0.1) is 12.0 Å². The van der Waals surface area contributed by atoms with Crippen LogP contribution < -0.4 is 4.74 Å². The molecule has 0 N–H and O–H groups in total. The minimum Gasteiger partial charge on any atom is -0.457 e. The summed E-state index contributed by atoms with van der Waals surface area (Å²) in [4.78, 5) is 0. The molecule has 0 aliphatic heterocycles. The lowest BCUT2D eigenvalue weighted by atomic mass is 9.92. The van der Waals surface area contributed by atoms with Gasteiger partial charge in [-0.25, -0.2) is 0 Å². The summed E-state index contributed by atoms with van der Waals surface area (Å²) in [7, 11) is 0. The van der Waals surface area contributed by atoms with Crippen molar-refractivity contribution >= 4 is 11.6 Å². The van der Waals surface area contributed by atoms with Gasteiger partial charge in [-0.15, -0.1) is 0 Å². The predicted octanol–water partition coefficient (Wildman–Crippen LogP) is 5.79. The zero-order valence-corrected chi connectivity index (χ0v) is 13.1. The molecule has 0 aromatic heterocycles. The van der Waals surface area contributed by atoms with Crippen molar-refractivity contribution in [3.8, 4) is 17.6 Å². The summed E-state index contributed by atoms with van der Waals surface area (Å²) in [5.74, 6) is 1.12. The Hall–Kier alpha value is -2.76. The summed E-state index contributed by atoms with van der Waals surface area (Å²) in [6, 6.07) is 26.9. The number of para-hydroxylation sites is 1. The maximum absolute atomic E-state index is 9.56. The Morgan fingerprint density at radius 3 is 2.17 bits per heavy atom. The molecule has 0 aliphatic rings.